The Balaban J connectivity index is 1.73. The van der Waals surface area contributed by atoms with Gasteiger partial charge >= 0.3 is 5.97 Å². The Kier molecular flexibility index (Phi) is 6.65. The van der Waals surface area contributed by atoms with Gasteiger partial charge in [0.1, 0.15) is 0 Å². The van der Waals surface area contributed by atoms with Gasteiger partial charge in [-0.3, -0.25) is 9.59 Å². The zero-order valence-corrected chi connectivity index (χ0v) is 16.8. The molecule has 0 aromatic heterocycles. The largest absolute Gasteiger partial charge is 0.462 e. The molecule has 1 aliphatic rings. The first-order valence-electron chi connectivity index (χ1n) is 9.90. The summed E-state index contributed by atoms with van der Waals surface area (Å²) in [4.78, 5) is 38.8. The number of hydrogen-bond acceptors (Lipinski definition) is 4. The summed E-state index contributed by atoms with van der Waals surface area (Å²) in [7, 11) is 1.75. The molecule has 6 nitrogen and oxygen atoms in total. The van der Waals surface area contributed by atoms with E-state index in [-0.39, 0.29) is 29.7 Å². The molecular weight excluding hydrogens is 368 g/mol. The fourth-order valence-corrected chi connectivity index (χ4v) is 3.62. The molecule has 3 rings (SSSR count). The molecule has 29 heavy (non-hydrogen) atoms. The third kappa shape index (κ3) is 4.83. The van der Waals surface area contributed by atoms with Crippen LogP contribution in [-0.2, 0) is 14.3 Å². The fraction of sp³-hybridized carbons (Fsp3) is 0.348. The van der Waals surface area contributed by atoms with Crippen molar-refractivity contribution in [2.24, 2.45) is 5.92 Å². The number of likely N-dealkylation sites (tertiary alicyclic amines) is 1. The first-order chi connectivity index (χ1) is 14.0. The monoisotopic (exact) mass is 394 g/mol. The number of anilines is 1. The summed E-state index contributed by atoms with van der Waals surface area (Å²) in [5.41, 5.74) is 1.99. The van der Waals surface area contributed by atoms with Gasteiger partial charge in [0.05, 0.1) is 24.1 Å². The highest BCUT2D eigenvalue weighted by Crippen LogP contribution is 2.36. The number of nitrogens with one attached hydrogen (secondary N) is 1. The van der Waals surface area contributed by atoms with Crippen molar-refractivity contribution in [1.29, 1.82) is 0 Å². The first-order valence-corrected chi connectivity index (χ1v) is 9.90. The van der Waals surface area contributed by atoms with Crippen LogP contribution < -0.4 is 5.32 Å². The summed E-state index contributed by atoms with van der Waals surface area (Å²) in [6.45, 7) is 2.32. The third-order valence-electron chi connectivity index (χ3n) is 5.16. The average Bonchev–Trinajstić information content (AvgIpc) is 2.74. The van der Waals surface area contributed by atoms with Crippen molar-refractivity contribution in [2.75, 3.05) is 19.0 Å². The molecule has 1 N–H and O–H groups in total. The molecule has 2 aromatic carbocycles. The number of nitrogens with zero attached hydrogens (tertiary/aromatic N) is 1. The van der Waals surface area contributed by atoms with Gasteiger partial charge in [-0.15, -0.1) is 0 Å². The van der Waals surface area contributed by atoms with Crippen LogP contribution in [0.3, 0.4) is 0 Å². The number of esters is 1. The summed E-state index contributed by atoms with van der Waals surface area (Å²) < 4.78 is 5.11. The van der Waals surface area contributed by atoms with E-state index in [1.807, 2.05) is 37.3 Å². The van der Waals surface area contributed by atoms with Crippen molar-refractivity contribution < 1.29 is 19.1 Å². The smallest absolute Gasteiger partial charge is 0.338 e. The van der Waals surface area contributed by atoms with Crippen molar-refractivity contribution in [3.8, 4) is 0 Å². The van der Waals surface area contributed by atoms with Gasteiger partial charge in [0.15, 0.2) is 0 Å². The SMILES string of the molecule is CCCOC(=O)c1ccc(NC(=O)[C@H]2CCC(=O)N(C)[C@@H]2c2ccccc2)cc1. The molecule has 1 fully saturated rings. The van der Waals surface area contributed by atoms with Crippen LogP contribution in [0.25, 0.3) is 0 Å². The maximum atomic E-state index is 13.0. The van der Waals surface area contributed by atoms with Gasteiger partial charge in [0.25, 0.3) is 0 Å². The van der Waals surface area contributed by atoms with Crippen LogP contribution in [0.15, 0.2) is 54.6 Å². The van der Waals surface area contributed by atoms with E-state index in [2.05, 4.69) is 5.32 Å². The van der Waals surface area contributed by atoms with E-state index in [0.717, 1.165) is 12.0 Å². The standard InChI is InChI=1S/C23H26N2O4/c1-3-15-29-23(28)17-9-11-18(12-10-17)24-22(27)19-13-14-20(26)25(2)21(19)16-7-5-4-6-8-16/h4-12,19,21H,3,13-15H2,1-2H3,(H,24,27)/t19-,21+/m0/s1. The highest BCUT2D eigenvalue weighted by Gasteiger charge is 2.38. The van der Waals surface area contributed by atoms with E-state index in [1.165, 1.54) is 0 Å². The summed E-state index contributed by atoms with van der Waals surface area (Å²) in [5.74, 6) is -0.826. The molecule has 0 spiro atoms. The van der Waals surface area contributed by atoms with Gasteiger partial charge < -0.3 is 15.0 Å². The van der Waals surface area contributed by atoms with Gasteiger partial charge in [-0.2, -0.15) is 0 Å². The molecule has 0 bridgehead atoms. The number of hydrogen-bond donors (Lipinski definition) is 1. The van der Waals surface area contributed by atoms with Crippen molar-refractivity contribution in [3.05, 3.63) is 65.7 Å². The van der Waals surface area contributed by atoms with Crippen molar-refractivity contribution in [3.63, 3.8) is 0 Å². The van der Waals surface area contributed by atoms with Gasteiger partial charge in [-0.1, -0.05) is 37.3 Å². The van der Waals surface area contributed by atoms with Gasteiger partial charge in [-0.25, -0.2) is 4.79 Å². The number of carbonyl (C=O) groups excluding carboxylic acids is 3. The highest BCUT2D eigenvalue weighted by molar-refractivity contribution is 5.95. The second kappa shape index (κ2) is 9.37. The predicted octanol–water partition coefficient (Wildman–Crippen LogP) is 3.80. The van der Waals surface area contributed by atoms with Crippen LogP contribution in [0, 0.1) is 5.92 Å². The second-order valence-corrected chi connectivity index (χ2v) is 7.21. The molecular formula is C23H26N2O4. The number of piperidine rings is 1. The maximum Gasteiger partial charge on any atom is 0.338 e. The lowest BCUT2D eigenvalue weighted by molar-refractivity contribution is -0.140. The lowest BCUT2D eigenvalue weighted by atomic mass is 9.84. The van der Waals surface area contributed by atoms with Crippen LogP contribution in [0.1, 0.15) is 48.1 Å². The summed E-state index contributed by atoms with van der Waals surface area (Å²) >= 11 is 0. The fourth-order valence-electron chi connectivity index (χ4n) is 3.62. The molecule has 1 aliphatic heterocycles. The van der Waals surface area contributed by atoms with Gasteiger partial charge in [0.2, 0.25) is 11.8 Å². The Labute approximate surface area is 170 Å². The van der Waals surface area contributed by atoms with Crippen LogP contribution in [0.2, 0.25) is 0 Å². The molecule has 2 amide bonds. The Morgan fingerprint density at radius 3 is 2.45 bits per heavy atom. The minimum absolute atomic E-state index is 0.0397. The van der Waals surface area contributed by atoms with Crippen molar-refractivity contribution in [2.45, 2.75) is 32.2 Å². The third-order valence-corrected chi connectivity index (χ3v) is 5.16. The summed E-state index contributed by atoms with van der Waals surface area (Å²) in [6.07, 6.45) is 1.61. The quantitative estimate of drug-likeness (QED) is 0.756. The summed E-state index contributed by atoms with van der Waals surface area (Å²) in [6, 6.07) is 16.0. The molecule has 6 heteroatoms. The minimum Gasteiger partial charge on any atom is -0.462 e. The molecule has 1 heterocycles. The molecule has 1 saturated heterocycles. The number of carbonyl (C=O) groups is 3. The summed E-state index contributed by atoms with van der Waals surface area (Å²) in [5, 5.41) is 2.93. The number of rotatable bonds is 6. The highest BCUT2D eigenvalue weighted by atomic mass is 16.5. The maximum absolute atomic E-state index is 13.0. The van der Waals surface area contributed by atoms with Gasteiger partial charge in [0, 0.05) is 19.2 Å². The number of benzene rings is 2. The van der Waals surface area contributed by atoms with Crippen molar-refractivity contribution >= 4 is 23.5 Å². The van der Waals surface area contributed by atoms with Crippen LogP contribution >= 0.6 is 0 Å². The van der Waals surface area contributed by atoms with E-state index in [9.17, 15) is 14.4 Å². The van der Waals surface area contributed by atoms with Crippen LogP contribution in [0.4, 0.5) is 5.69 Å². The second-order valence-electron chi connectivity index (χ2n) is 7.21. The Bertz CT molecular complexity index is 864. The topological polar surface area (TPSA) is 75.7 Å². The van der Waals surface area contributed by atoms with E-state index >= 15 is 0 Å². The predicted molar refractivity (Wildman–Crippen MR) is 110 cm³/mol. The van der Waals surface area contributed by atoms with Gasteiger partial charge in [-0.05, 0) is 42.7 Å². The Morgan fingerprint density at radius 2 is 1.79 bits per heavy atom. The first kappa shape index (κ1) is 20.6. The zero-order chi connectivity index (χ0) is 20.8. The molecule has 0 saturated carbocycles. The van der Waals surface area contributed by atoms with E-state index in [4.69, 9.17) is 4.74 Å². The normalized spacial score (nSPS) is 19.0. The Morgan fingerprint density at radius 1 is 1.10 bits per heavy atom. The van der Waals surface area contributed by atoms with Crippen LogP contribution in [-0.4, -0.2) is 36.3 Å². The molecule has 2 atom stereocenters. The Hall–Kier alpha value is -3.15. The number of amides is 2. The van der Waals surface area contributed by atoms with E-state index in [0.29, 0.717) is 30.7 Å². The van der Waals surface area contributed by atoms with E-state index < -0.39 is 0 Å². The molecule has 2 aromatic rings. The molecule has 152 valence electrons. The zero-order valence-electron chi connectivity index (χ0n) is 16.8. The average molecular weight is 394 g/mol. The molecule has 0 unspecified atom stereocenters. The molecule has 0 radical (unpaired) electrons. The van der Waals surface area contributed by atoms with Crippen LogP contribution in [0.5, 0.6) is 0 Å². The molecule has 0 aliphatic carbocycles. The van der Waals surface area contributed by atoms with Crippen molar-refractivity contribution in [1.82, 2.24) is 4.90 Å². The minimum atomic E-state index is -0.374. The lowest BCUT2D eigenvalue weighted by Gasteiger charge is -2.38. The number of ether oxygens (including phenoxy) is 1. The lowest BCUT2D eigenvalue weighted by Crippen LogP contribution is -2.44. The van der Waals surface area contributed by atoms with E-state index in [1.54, 1.807) is 36.2 Å².